The molecule has 0 saturated carbocycles. The zero-order valence-corrected chi connectivity index (χ0v) is 20.6. The molecular weight excluding hydrogens is 536 g/mol. The number of aromatic hydroxyl groups is 3. The number of phenols is 3. The highest BCUT2D eigenvalue weighted by Gasteiger charge is 2.48. The molecule has 2 aliphatic rings. The van der Waals surface area contributed by atoms with Gasteiger partial charge in [0.1, 0.15) is 83.3 Å². The Hall–Kier alpha value is -3.31. The van der Waals surface area contributed by atoms with Crippen molar-refractivity contribution in [2.45, 2.75) is 54.9 Å². The lowest BCUT2D eigenvalue weighted by atomic mass is 9.85. The van der Waals surface area contributed by atoms with E-state index in [1.165, 1.54) is 24.3 Å². The predicted molar refractivity (Wildman–Crippen MR) is 132 cm³/mol. The summed E-state index contributed by atoms with van der Waals surface area (Å²) in [6, 6.07) is 6.50. The van der Waals surface area contributed by atoms with E-state index in [0.29, 0.717) is 5.56 Å². The topological polar surface area (TPSA) is 251 Å². The molecule has 10 N–H and O–H groups in total. The zero-order valence-electron chi connectivity index (χ0n) is 20.6. The van der Waals surface area contributed by atoms with Crippen LogP contribution in [0.3, 0.4) is 0 Å². The van der Waals surface area contributed by atoms with Crippen LogP contribution in [0, 0.1) is 0 Å². The highest BCUT2D eigenvalue weighted by atomic mass is 16.5. The standard InChI is InChI=1S/C26H28O14/c27-6-13-18(32)21(35)23(37)26(40-13)15-19(33)14-10(29)5-12(8-1-3-9(28)4-2-8)39-24(14)16(20(15)34)25-22(36)17(31)11(30)7-38-25/h1-5,11,13,17-18,21-23,25-28,30-37H,6-7H2/t11-,13+,17-,18-,21-,22+,23-,25+,26-/m1/s1. The average molecular weight is 564 g/mol. The molecule has 0 amide bonds. The van der Waals surface area contributed by atoms with Gasteiger partial charge in [0.2, 0.25) is 0 Å². The number of phenolic OH excluding ortho intramolecular Hbond substituents is 3. The molecule has 0 bridgehead atoms. The first-order valence-corrected chi connectivity index (χ1v) is 12.3. The fourth-order valence-electron chi connectivity index (χ4n) is 5.11. The minimum atomic E-state index is -1.98. The highest BCUT2D eigenvalue weighted by Crippen LogP contribution is 2.50. The van der Waals surface area contributed by atoms with Crippen LogP contribution in [0.25, 0.3) is 22.3 Å². The summed E-state index contributed by atoms with van der Waals surface area (Å²) >= 11 is 0. The smallest absolute Gasteiger partial charge is 0.197 e. The third kappa shape index (κ3) is 4.49. The lowest BCUT2D eigenvalue weighted by Gasteiger charge is -2.41. The molecular formula is C26H28O14. The summed E-state index contributed by atoms with van der Waals surface area (Å²) in [6.45, 7) is -1.34. The largest absolute Gasteiger partial charge is 0.508 e. The molecule has 2 aliphatic heterocycles. The maximum absolute atomic E-state index is 13.4. The van der Waals surface area contributed by atoms with Gasteiger partial charge in [0.25, 0.3) is 0 Å². The number of ether oxygens (including phenoxy) is 2. The van der Waals surface area contributed by atoms with Gasteiger partial charge < -0.3 is 65.0 Å². The van der Waals surface area contributed by atoms with E-state index in [4.69, 9.17) is 13.9 Å². The van der Waals surface area contributed by atoms with Crippen molar-refractivity contribution in [3.8, 4) is 28.6 Å². The van der Waals surface area contributed by atoms with Crippen LogP contribution in [0.15, 0.2) is 39.5 Å². The van der Waals surface area contributed by atoms with Crippen molar-refractivity contribution in [2.75, 3.05) is 13.2 Å². The fourth-order valence-corrected chi connectivity index (χ4v) is 5.11. The molecule has 216 valence electrons. The molecule has 3 heterocycles. The van der Waals surface area contributed by atoms with E-state index in [1.807, 2.05) is 0 Å². The van der Waals surface area contributed by atoms with Crippen LogP contribution in [0.4, 0.5) is 0 Å². The molecule has 0 spiro atoms. The molecule has 0 aliphatic carbocycles. The molecule has 2 fully saturated rings. The van der Waals surface area contributed by atoms with Crippen molar-refractivity contribution in [1.82, 2.24) is 0 Å². The van der Waals surface area contributed by atoms with E-state index in [9.17, 15) is 55.9 Å². The first-order chi connectivity index (χ1) is 19.0. The summed E-state index contributed by atoms with van der Waals surface area (Å²) in [6.07, 6.45) is -15.7. The van der Waals surface area contributed by atoms with E-state index in [2.05, 4.69) is 0 Å². The Bertz CT molecular complexity index is 1450. The van der Waals surface area contributed by atoms with Crippen molar-refractivity contribution in [1.29, 1.82) is 0 Å². The quantitative estimate of drug-likeness (QED) is 0.169. The van der Waals surface area contributed by atoms with E-state index >= 15 is 0 Å². The third-order valence-electron chi connectivity index (χ3n) is 7.31. The molecule has 0 unspecified atom stereocenters. The molecule has 40 heavy (non-hydrogen) atoms. The number of fused-ring (bicyclic) bond motifs is 1. The van der Waals surface area contributed by atoms with Gasteiger partial charge in [-0.05, 0) is 24.3 Å². The van der Waals surface area contributed by atoms with Crippen molar-refractivity contribution < 1.29 is 65.0 Å². The summed E-state index contributed by atoms with van der Waals surface area (Å²) in [5.74, 6) is -2.01. The van der Waals surface area contributed by atoms with Gasteiger partial charge in [0.15, 0.2) is 11.0 Å². The second kappa shape index (κ2) is 10.6. The van der Waals surface area contributed by atoms with Gasteiger partial charge in [-0.2, -0.15) is 0 Å². The molecule has 9 atom stereocenters. The Kier molecular flexibility index (Phi) is 7.47. The Morgan fingerprint density at radius 1 is 0.775 bits per heavy atom. The van der Waals surface area contributed by atoms with Crippen LogP contribution < -0.4 is 5.43 Å². The minimum absolute atomic E-state index is 0.0710. The molecule has 2 saturated heterocycles. The van der Waals surface area contributed by atoms with E-state index in [-0.39, 0.29) is 11.5 Å². The summed E-state index contributed by atoms with van der Waals surface area (Å²) in [5.41, 5.74) is -2.15. The van der Waals surface area contributed by atoms with Crippen LogP contribution >= 0.6 is 0 Å². The zero-order chi connectivity index (χ0) is 29.0. The lowest BCUT2D eigenvalue weighted by molar-refractivity contribution is -0.232. The van der Waals surface area contributed by atoms with Crippen molar-refractivity contribution in [3.05, 3.63) is 51.7 Å². The van der Waals surface area contributed by atoms with Gasteiger partial charge >= 0.3 is 0 Å². The van der Waals surface area contributed by atoms with Crippen LogP contribution in [-0.4, -0.2) is 107 Å². The second-order valence-electron chi connectivity index (χ2n) is 9.80. The van der Waals surface area contributed by atoms with Crippen molar-refractivity contribution in [2.24, 2.45) is 0 Å². The second-order valence-corrected chi connectivity index (χ2v) is 9.80. The SMILES string of the molecule is O=c1cc(-c2ccc(O)cc2)oc2c([C@@H]3OC[C@@H](O)[C@@H](O)[C@@H]3O)c(O)c([C@H]3O[C@@H](CO)[C@@H](O)[C@@H](O)[C@H]3O)c(O)c12. The number of hydrogen-bond acceptors (Lipinski definition) is 14. The van der Waals surface area contributed by atoms with Gasteiger partial charge in [-0.3, -0.25) is 4.79 Å². The van der Waals surface area contributed by atoms with E-state index in [1.54, 1.807) is 0 Å². The predicted octanol–water partition coefficient (Wildman–Crippen LogP) is -1.75. The Morgan fingerprint density at radius 2 is 1.43 bits per heavy atom. The Morgan fingerprint density at radius 3 is 2.08 bits per heavy atom. The minimum Gasteiger partial charge on any atom is -0.508 e. The number of aliphatic hydroxyl groups is 7. The molecule has 5 rings (SSSR count). The fraction of sp³-hybridized carbons (Fsp3) is 0.423. The van der Waals surface area contributed by atoms with Gasteiger partial charge in [-0.1, -0.05) is 0 Å². The molecule has 0 radical (unpaired) electrons. The van der Waals surface area contributed by atoms with Crippen LogP contribution in [0.1, 0.15) is 23.3 Å². The van der Waals surface area contributed by atoms with Gasteiger partial charge in [-0.15, -0.1) is 0 Å². The summed E-state index contributed by atoms with van der Waals surface area (Å²) in [4.78, 5) is 13.4. The molecule has 2 aromatic carbocycles. The first-order valence-electron chi connectivity index (χ1n) is 12.3. The molecule has 14 heteroatoms. The van der Waals surface area contributed by atoms with Gasteiger partial charge in [0, 0.05) is 11.6 Å². The lowest BCUT2D eigenvalue weighted by Crippen LogP contribution is -2.55. The van der Waals surface area contributed by atoms with E-state index in [0.717, 1.165) is 6.07 Å². The van der Waals surface area contributed by atoms with Gasteiger partial charge in [-0.25, -0.2) is 0 Å². The van der Waals surface area contributed by atoms with Crippen LogP contribution in [0.5, 0.6) is 17.2 Å². The molecule has 1 aromatic heterocycles. The maximum Gasteiger partial charge on any atom is 0.197 e. The summed E-state index contributed by atoms with van der Waals surface area (Å²) in [7, 11) is 0. The number of rotatable bonds is 4. The van der Waals surface area contributed by atoms with Gasteiger partial charge in [0.05, 0.1) is 24.3 Å². The highest BCUT2D eigenvalue weighted by molar-refractivity contribution is 5.92. The number of benzene rings is 2. The summed E-state index contributed by atoms with van der Waals surface area (Å²) < 4.78 is 16.9. The number of hydrogen-bond donors (Lipinski definition) is 10. The Balaban J connectivity index is 1.80. The average Bonchev–Trinajstić information content (AvgIpc) is 2.92. The van der Waals surface area contributed by atoms with Crippen LogP contribution in [-0.2, 0) is 9.47 Å². The van der Waals surface area contributed by atoms with Crippen molar-refractivity contribution in [3.63, 3.8) is 0 Å². The molecule has 3 aromatic rings. The van der Waals surface area contributed by atoms with E-state index < -0.39 is 107 Å². The first kappa shape index (κ1) is 28.2. The number of aliphatic hydroxyl groups excluding tert-OH is 7. The monoisotopic (exact) mass is 564 g/mol. The maximum atomic E-state index is 13.4. The van der Waals surface area contributed by atoms with Crippen molar-refractivity contribution >= 4 is 11.0 Å². The Labute approximate surface area is 224 Å². The van der Waals surface area contributed by atoms with Crippen LogP contribution in [0.2, 0.25) is 0 Å². The third-order valence-corrected chi connectivity index (χ3v) is 7.31. The molecule has 14 nitrogen and oxygen atoms in total. The normalized spacial score (nSPS) is 32.8. The summed E-state index contributed by atoms with van der Waals surface area (Å²) in [5, 5.41) is 104.